The third-order valence-electron chi connectivity index (χ3n) is 7.39. The molecule has 8 N–H and O–H groups in total. The first-order valence-electron chi connectivity index (χ1n) is 14.1. The van der Waals surface area contributed by atoms with E-state index in [9.17, 15) is 4.79 Å². The van der Waals surface area contributed by atoms with Crippen molar-refractivity contribution in [2.45, 2.75) is 50.9 Å². The molecule has 42 heavy (non-hydrogen) atoms. The number of aromatic amines is 1. The molecule has 0 aliphatic carbocycles. The highest BCUT2D eigenvalue weighted by atomic mass is 35.5. The number of benzene rings is 2. The normalized spacial score (nSPS) is 17.8. The van der Waals surface area contributed by atoms with E-state index in [0.717, 1.165) is 43.4 Å². The minimum Gasteiger partial charge on any atom is -0.370 e. The van der Waals surface area contributed by atoms with Gasteiger partial charge < -0.3 is 31.8 Å². The van der Waals surface area contributed by atoms with E-state index in [2.05, 4.69) is 20.6 Å². The van der Waals surface area contributed by atoms with Gasteiger partial charge >= 0.3 is 5.69 Å². The van der Waals surface area contributed by atoms with Gasteiger partial charge in [-0.15, -0.1) is 0 Å². The molecule has 5 rings (SSSR count). The number of nitrogens with zero attached hydrogens (tertiary/aromatic N) is 2. The van der Waals surface area contributed by atoms with Crippen LogP contribution in [-0.2, 0) is 11.2 Å². The molecule has 0 unspecified atom stereocenters. The molecule has 1 saturated heterocycles. The average Bonchev–Trinajstić information content (AvgIpc) is 3.37. The van der Waals surface area contributed by atoms with Gasteiger partial charge in [-0.05, 0) is 74.1 Å². The zero-order chi connectivity index (χ0) is 29.8. The molecule has 1 aliphatic rings. The average molecular weight is 595 g/mol. The number of ether oxygens (including phenoxy) is 1. The number of H-pyrrole nitrogens is 1. The largest absolute Gasteiger partial charge is 0.370 e. The summed E-state index contributed by atoms with van der Waals surface area (Å²) in [7, 11) is 0. The molecule has 0 spiro atoms. The highest BCUT2D eigenvalue weighted by molar-refractivity contribution is 6.31. The highest BCUT2D eigenvalue weighted by Crippen LogP contribution is 2.31. The van der Waals surface area contributed by atoms with E-state index in [0.29, 0.717) is 41.1 Å². The molecule has 1 fully saturated rings. The Hall–Kier alpha value is -3.77. The molecule has 2 aromatic carbocycles. The summed E-state index contributed by atoms with van der Waals surface area (Å²) in [4.78, 5) is 20.3. The van der Waals surface area contributed by atoms with E-state index in [-0.39, 0.29) is 29.2 Å². The van der Waals surface area contributed by atoms with Crippen LogP contribution in [0.15, 0.2) is 53.5 Å². The Bertz CT molecular complexity index is 1620. The van der Waals surface area contributed by atoms with Crippen LogP contribution in [0.25, 0.3) is 28.0 Å². The molecule has 0 bridgehead atoms. The van der Waals surface area contributed by atoms with Crippen LogP contribution in [0.2, 0.25) is 5.02 Å². The SMILES string of the molecule is C[C@H](N)CCCc1cc(Cl)c(F)c(-c2cc3cn(-c4ccc([C@@H]5CNC[C@H](CCNC(=N)N)O5)cc4)c(=O)nc3[nH]2)c1. The summed E-state index contributed by atoms with van der Waals surface area (Å²) in [6, 6.07) is 12.9. The molecule has 0 radical (unpaired) electrons. The Labute approximate surface area is 248 Å². The topological polar surface area (TPSA) is 160 Å². The summed E-state index contributed by atoms with van der Waals surface area (Å²) in [5.74, 6) is -0.582. The first-order chi connectivity index (χ1) is 20.2. The van der Waals surface area contributed by atoms with E-state index in [1.807, 2.05) is 31.2 Å². The molecule has 4 aromatic rings. The fraction of sp³-hybridized carbons (Fsp3) is 0.367. The van der Waals surface area contributed by atoms with Crippen molar-refractivity contribution >= 4 is 28.6 Å². The van der Waals surface area contributed by atoms with Crippen molar-refractivity contribution in [1.82, 2.24) is 25.2 Å². The predicted molar refractivity (Wildman–Crippen MR) is 164 cm³/mol. The van der Waals surface area contributed by atoms with E-state index in [4.69, 9.17) is 33.2 Å². The zero-order valence-corrected chi connectivity index (χ0v) is 24.2. The van der Waals surface area contributed by atoms with Crippen molar-refractivity contribution < 1.29 is 9.13 Å². The Morgan fingerprint density at radius 3 is 2.81 bits per heavy atom. The first-order valence-corrected chi connectivity index (χ1v) is 14.5. The van der Waals surface area contributed by atoms with Gasteiger partial charge in [0.05, 0.1) is 28.6 Å². The Balaban J connectivity index is 1.35. The zero-order valence-electron chi connectivity index (χ0n) is 23.4. The number of aryl methyl sites for hydroxylation is 1. The number of halogens is 2. The molecular weight excluding hydrogens is 559 g/mol. The molecule has 222 valence electrons. The lowest BCUT2D eigenvalue weighted by Gasteiger charge is -2.31. The van der Waals surface area contributed by atoms with Gasteiger partial charge in [-0.1, -0.05) is 23.7 Å². The molecular formula is C30H36ClFN8O2. The second kappa shape index (κ2) is 13.0. The Morgan fingerprint density at radius 1 is 1.29 bits per heavy atom. The van der Waals surface area contributed by atoms with Gasteiger partial charge in [0.15, 0.2) is 11.8 Å². The molecule has 3 heterocycles. The van der Waals surface area contributed by atoms with Crippen molar-refractivity contribution in [2.24, 2.45) is 11.5 Å². The number of guanidine groups is 1. The van der Waals surface area contributed by atoms with Gasteiger partial charge in [0.2, 0.25) is 0 Å². The fourth-order valence-electron chi connectivity index (χ4n) is 5.23. The number of hydrogen-bond donors (Lipinski definition) is 6. The molecule has 0 amide bonds. The summed E-state index contributed by atoms with van der Waals surface area (Å²) < 4.78 is 22.8. The van der Waals surface area contributed by atoms with Crippen LogP contribution in [0.1, 0.15) is 43.4 Å². The molecule has 3 atom stereocenters. The lowest BCUT2D eigenvalue weighted by Crippen LogP contribution is -2.42. The van der Waals surface area contributed by atoms with Gasteiger partial charge in [0.25, 0.3) is 0 Å². The number of morpholine rings is 1. The van der Waals surface area contributed by atoms with E-state index in [1.165, 1.54) is 4.57 Å². The van der Waals surface area contributed by atoms with E-state index in [1.54, 1.807) is 24.4 Å². The van der Waals surface area contributed by atoms with Crippen LogP contribution in [-0.4, -0.2) is 52.3 Å². The summed E-state index contributed by atoms with van der Waals surface area (Å²) in [5.41, 5.74) is 14.5. The van der Waals surface area contributed by atoms with Crippen molar-refractivity contribution in [1.29, 1.82) is 5.41 Å². The fourth-order valence-corrected chi connectivity index (χ4v) is 5.47. The second-order valence-corrected chi connectivity index (χ2v) is 11.2. The number of nitrogens with one attached hydrogen (secondary N) is 4. The minimum absolute atomic E-state index is 0.0117. The van der Waals surface area contributed by atoms with Crippen molar-refractivity contribution in [3.63, 3.8) is 0 Å². The number of nitrogens with two attached hydrogens (primary N) is 2. The molecule has 0 saturated carbocycles. The van der Waals surface area contributed by atoms with Crippen LogP contribution in [0.4, 0.5) is 4.39 Å². The molecule has 12 heteroatoms. The molecule has 10 nitrogen and oxygen atoms in total. The van der Waals surface area contributed by atoms with E-state index < -0.39 is 11.5 Å². The van der Waals surface area contributed by atoms with Gasteiger partial charge in [-0.2, -0.15) is 4.98 Å². The van der Waals surface area contributed by atoms with Crippen LogP contribution in [0, 0.1) is 11.2 Å². The number of hydrogen-bond acceptors (Lipinski definition) is 6. The van der Waals surface area contributed by atoms with Gasteiger partial charge in [0, 0.05) is 42.8 Å². The third-order valence-corrected chi connectivity index (χ3v) is 7.67. The van der Waals surface area contributed by atoms with Crippen LogP contribution in [0.3, 0.4) is 0 Å². The van der Waals surface area contributed by atoms with Gasteiger partial charge in [-0.3, -0.25) is 9.98 Å². The summed E-state index contributed by atoms with van der Waals surface area (Å²) in [5, 5.41) is 14.2. The van der Waals surface area contributed by atoms with Crippen LogP contribution < -0.4 is 27.8 Å². The van der Waals surface area contributed by atoms with Gasteiger partial charge in [-0.25, -0.2) is 9.18 Å². The maximum Gasteiger partial charge on any atom is 0.354 e. The summed E-state index contributed by atoms with van der Waals surface area (Å²) in [6.45, 7) is 3.92. The minimum atomic E-state index is -0.526. The number of fused-ring (bicyclic) bond motifs is 1. The van der Waals surface area contributed by atoms with Crippen molar-refractivity contribution in [2.75, 3.05) is 19.6 Å². The van der Waals surface area contributed by atoms with Gasteiger partial charge in [0.1, 0.15) is 5.65 Å². The smallest absolute Gasteiger partial charge is 0.354 e. The quantitative estimate of drug-likeness (QED) is 0.120. The number of rotatable bonds is 10. The second-order valence-electron chi connectivity index (χ2n) is 10.8. The third kappa shape index (κ3) is 6.99. The van der Waals surface area contributed by atoms with Crippen LogP contribution in [0.5, 0.6) is 0 Å². The maximum absolute atomic E-state index is 15.1. The molecule has 2 aromatic heterocycles. The van der Waals surface area contributed by atoms with Crippen molar-refractivity contribution in [3.05, 3.63) is 81.1 Å². The lowest BCUT2D eigenvalue weighted by atomic mass is 10.0. The highest BCUT2D eigenvalue weighted by Gasteiger charge is 2.23. The predicted octanol–water partition coefficient (Wildman–Crippen LogP) is 3.75. The molecule has 1 aliphatic heterocycles. The number of aromatic nitrogens is 3. The standard InChI is InChI=1S/C30H36ClFN8O2/c1-17(33)3-2-4-18-11-23(27(32)24(31)12-18)25-13-20-16-40(30(41)39-28(20)38-25)21-7-5-19(6-8-21)26-15-36-14-22(42-26)9-10-37-29(34)35/h5-8,11-13,16-17,22,26,36H,2-4,9-10,14-15,33H2,1H3,(H4,34,35,37)(H,38,39,41)/t17-,22-,26-/m0/s1. The first kappa shape index (κ1) is 29.7. The Morgan fingerprint density at radius 2 is 2.07 bits per heavy atom. The monoisotopic (exact) mass is 594 g/mol. The summed E-state index contributed by atoms with van der Waals surface area (Å²) >= 11 is 6.24. The summed E-state index contributed by atoms with van der Waals surface area (Å²) in [6.07, 6.45) is 4.72. The van der Waals surface area contributed by atoms with Crippen molar-refractivity contribution in [3.8, 4) is 16.9 Å². The van der Waals surface area contributed by atoms with Crippen LogP contribution >= 0.6 is 11.6 Å². The Kier molecular flexibility index (Phi) is 9.22. The maximum atomic E-state index is 15.1. The van der Waals surface area contributed by atoms with E-state index >= 15 is 4.39 Å². The lowest BCUT2D eigenvalue weighted by molar-refractivity contribution is -0.0414.